The third kappa shape index (κ3) is 9.66. The molecule has 3 aliphatic rings. The molecule has 0 radical (unpaired) electrons. The highest BCUT2D eigenvalue weighted by molar-refractivity contribution is 5.75. The number of carbonyl (C=O) groups is 1. The summed E-state index contributed by atoms with van der Waals surface area (Å²) in [4.78, 5) is 16.0. The third-order valence-electron chi connectivity index (χ3n) is 8.92. The average Bonchev–Trinajstić information content (AvgIpc) is 3.51. The van der Waals surface area contributed by atoms with E-state index in [0.29, 0.717) is 12.8 Å². The van der Waals surface area contributed by atoms with Crippen molar-refractivity contribution >= 4 is 5.97 Å². The summed E-state index contributed by atoms with van der Waals surface area (Å²) in [6.45, 7) is 8.68. The zero-order valence-electron chi connectivity index (χ0n) is 26.2. The van der Waals surface area contributed by atoms with E-state index in [0.717, 1.165) is 74.6 Å². The summed E-state index contributed by atoms with van der Waals surface area (Å²) in [5, 5.41) is 13.3. The molecule has 2 aliphatic heterocycles. The molecule has 2 aromatic rings. The van der Waals surface area contributed by atoms with E-state index in [2.05, 4.69) is 21.8 Å². The minimum atomic E-state index is -4.41. The monoisotopic (exact) mass is 612 g/mol. The van der Waals surface area contributed by atoms with Crippen LogP contribution in [0.3, 0.4) is 0 Å². The predicted octanol–water partition coefficient (Wildman–Crippen LogP) is 6.75. The van der Waals surface area contributed by atoms with E-state index >= 15 is 0 Å². The first-order valence-electron chi connectivity index (χ1n) is 15.3. The molecule has 3 fully saturated rings. The Balaban J connectivity index is 0.000000190. The lowest BCUT2D eigenvalue weighted by molar-refractivity contribution is -0.152. The van der Waals surface area contributed by atoms with Crippen LogP contribution in [0.2, 0.25) is 0 Å². The fourth-order valence-corrected chi connectivity index (χ4v) is 6.54. The van der Waals surface area contributed by atoms with Crippen LogP contribution in [0.15, 0.2) is 24.3 Å². The molecule has 0 amide bonds. The molecule has 2 saturated heterocycles. The lowest BCUT2D eigenvalue weighted by Gasteiger charge is -2.36. The standard InChI is InChI=1S/C13H23NO2.C12H18F3N3O.C7H7F/c1-11-5-8-14(9-11)10-13(12(15)16)6-3-2-4-7-13;1-17-6-4-8(5-7-17)9-10(12(13,14)15)18(2)16-11(9)19-3;1-6-3-2-4-7(8)5-6/h11H,2-10H2,1H3,(H,15,16);8H,4-7H2,1-3H3;2-5H,1H3/t11-;;/m1../s1. The number of methoxy groups -OCH3 is 1. The molecule has 7 nitrogen and oxygen atoms in total. The molecule has 1 aliphatic carbocycles. The molecular formula is C32H48F4N4O3. The van der Waals surface area contributed by atoms with Crippen molar-refractivity contribution in [3.63, 3.8) is 0 Å². The van der Waals surface area contributed by atoms with Gasteiger partial charge < -0.3 is 19.6 Å². The summed E-state index contributed by atoms with van der Waals surface area (Å²) in [5.41, 5.74) is 0.0666. The number of ether oxygens (including phenoxy) is 1. The third-order valence-corrected chi connectivity index (χ3v) is 8.92. The number of hydrogen-bond donors (Lipinski definition) is 1. The molecule has 1 atom stereocenters. The van der Waals surface area contributed by atoms with E-state index in [4.69, 9.17) is 4.74 Å². The fourth-order valence-electron chi connectivity index (χ4n) is 6.54. The number of rotatable bonds is 5. The topological polar surface area (TPSA) is 70.8 Å². The van der Waals surface area contributed by atoms with Crippen molar-refractivity contribution in [2.24, 2.45) is 18.4 Å². The SMILES string of the molecule is COc1nn(C)c(C(F)(F)F)c1C1CCN(C)CC1.C[C@@H]1CCN(CC2(C(=O)O)CCCCC2)C1.Cc1cccc(F)c1. The highest BCUT2D eigenvalue weighted by atomic mass is 19.4. The van der Waals surface area contributed by atoms with E-state index in [1.807, 2.05) is 20.0 Å². The molecule has 43 heavy (non-hydrogen) atoms. The minimum absolute atomic E-state index is 0.101. The molecule has 1 N–H and O–H groups in total. The van der Waals surface area contributed by atoms with E-state index in [1.54, 1.807) is 6.07 Å². The lowest BCUT2D eigenvalue weighted by atomic mass is 9.73. The summed E-state index contributed by atoms with van der Waals surface area (Å²) < 4.78 is 57.6. The van der Waals surface area contributed by atoms with Crippen molar-refractivity contribution in [3.8, 4) is 5.88 Å². The number of alkyl halides is 3. The summed E-state index contributed by atoms with van der Waals surface area (Å²) in [6, 6.07) is 6.50. The highest BCUT2D eigenvalue weighted by Gasteiger charge is 2.43. The zero-order valence-corrected chi connectivity index (χ0v) is 26.2. The second-order valence-corrected chi connectivity index (χ2v) is 12.5. The number of halogens is 4. The van der Waals surface area contributed by atoms with Gasteiger partial charge in [-0.25, -0.2) is 4.39 Å². The van der Waals surface area contributed by atoms with Crippen molar-refractivity contribution < 1.29 is 32.2 Å². The summed E-state index contributed by atoms with van der Waals surface area (Å²) in [5.74, 6) is -0.0213. The summed E-state index contributed by atoms with van der Waals surface area (Å²) >= 11 is 0. The van der Waals surface area contributed by atoms with Gasteiger partial charge in [0.25, 0.3) is 0 Å². The Morgan fingerprint density at radius 3 is 2.21 bits per heavy atom. The van der Waals surface area contributed by atoms with E-state index in [-0.39, 0.29) is 23.2 Å². The number of benzene rings is 1. The van der Waals surface area contributed by atoms with Crippen LogP contribution in [0.1, 0.15) is 81.0 Å². The van der Waals surface area contributed by atoms with Gasteiger partial charge in [-0.05, 0) is 95.2 Å². The molecule has 242 valence electrons. The normalized spacial score (nSPS) is 21.4. The molecule has 1 saturated carbocycles. The van der Waals surface area contributed by atoms with Gasteiger partial charge in [-0.15, -0.1) is 5.10 Å². The van der Waals surface area contributed by atoms with Gasteiger partial charge in [0.1, 0.15) is 11.5 Å². The van der Waals surface area contributed by atoms with Crippen molar-refractivity contribution in [3.05, 3.63) is 46.9 Å². The number of likely N-dealkylation sites (tertiary alicyclic amines) is 2. The number of aryl methyl sites for hydroxylation is 2. The Hall–Kier alpha value is -2.66. The Morgan fingerprint density at radius 1 is 1.09 bits per heavy atom. The van der Waals surface area contributed by atoms with Crippen molar-refractivity contribution in [1.82, 2.24) is 19.6 Å². The summed E-state index contributed by atoms with van der Waals surface area (Å²) in [7, 11) is 4.64. The van der Waals surface area contributed by atoms with Crippen LogP contribution in [0.4, 0.5) is 17.6 Å². The molecule has 3 heterocycles. The maximum atomic E-state index is 13.2. The number of piperidine rings is 1. The maximum Gasteiger partial charge on any atom is 0.433 e. The Morgan fingerprint density at radius 2 is 1.74 bits per heavy atom. The van der Waals surface area contributed by atoms with Gasteiger partial charge in [-0.3, -0.25) is 9.48 Å². The second-order valence-electron chi connectivity index (χ2n) is 12.5. The molecule has 11 heteroatoms. The van der Waals surface area contributed by atoms with Crippen LogP contribution in [0.5, 0.6) is 5.88 Å². The number of hydrogen-bond acceptors (Lipinski definition) is 5. The van der Waals surface area contributed by atoms with Gasteiger partial charge in [0.2, 0.25) is 5.88 Å². The second kappa shape index (κ2) is 15.4. The van der Waals surface area contributed by atoms with Gasteiger partial charge in [0.05, 0.1) is 12.5 Å². The molecule has 1 aromatic heterocycles. The first-order chi connectivity index (χ1) is 20.3. The molecule has 0 bridgehead atoms. The number of aliphatic carboxylic acids is 1. The minimum Gasteiger partial charge on any atom is -0.481 e. The average molecular weight is 613 g/mol. The van der Waals surface area contributed by atoms with Crippen LogP contribution in [-0.2, 0) is 18.0 Å². The summed E-state index contributed by atoms with van der Waals surface area (Å²) in [6.07, 6.45) is 3.38. The molecule has 0 unspecified atom stereocenters. The van der Waals surface area contributed by atoms with Crippen LogP contribution in [0, 0.1) is 24.1 Å². The smallest absolute Gasteiger partial charge is 0.433 e. The number of carboxylic acid groups (broad SMARTS) is 1. The highest BCUT2D eigenvalue weighted by Crippen LogP contribution is 2.43. The number of nitrogens with zero attached hydrogens (tertiary/aromatic N) is 4. The van der Waals surface area contributed by atoms with Crippen LogP contribution < -0.4 is 4.74 Å². The van der Waals surface area contributed by atoms with Crippen LogP contribution >= 0.6 is 0 Å². The molecule has 1 aromatic carbocycles. The van der Waals surface area contributed by atoms with Gasteiger partial charge in [-0.2, -0.15) is 13.2 Å². The number of aromatic nitrogens is 2. The van der Waals surface area contributed by atoms with Crippen LogP contribution in [-0.4, -0.2) is 77.5 Å². The predicted molar refractivity (Wildman–Crippen MR) is 159 cm³/mol. The Bertz CT molecular complexity index is 1150. The van der Waals surface area contributed by atoms with Crippen molar-refractivity contribution in [2.75, 3.05) is 46.9 Å². The van der Waals surface area contributed by atoms with Crippen molar-refractivity contribution in [1.29, 1.82) is 0 Å². The van der Waals surface area contributed by atoms with Gasteiger partial charge >= 0.3 is 12.1 Å². The van der Waals surface area contributed by atoms with Gasteiger partial charge in [0, 0.05) is 25.7 Å². The quantitative estimate of drug-likeness (QED) is 0.377. The van der Waals surface area contributed by atoms with Crippen LogP contribution in [0.25, 0.3) is 0 Å². The van der Waals surface area contributed by atoms with E-state index in [9.17, 15) is 27.5 Å². The Kier molecular flexibility index (Phi) is 12.4. The van der Waals surface area contributed by atoms with Gasteiger partial charge in [-0.1, -0.05) is 38.3 Å². The van der Waals surface area contributed by atoms with Gasteiger partial charge in [0.15, 0.2) is 0 Å². The lowest BCUT2D eigenvalue weighted by Crippen LogP contribution is -2.43. The molecule has 0 spiro atoms. The van der Waals surface area contributed by atoms with E-state index < -0.39 is 23.3 Å². The number of carboxylic acids is 1. The molecular weight excluding hydrogens is 564 g/mol. The first kappa shape index (κ1) is 34.8. The largest absolute Gasteiger partial charge is 0.481 e. The molecule has 5 rings (SSSR count). The van der Waals surface area contributed by atoms with Crippen molar-refractivity contribution in [2.45, 2.75) is 77.3 Å². The Labute approximate surface area is 253 Å². The van der Waals surface area contributed by atoms with E-state index in [1.165, 1.54) is 39.1 Å². The fraction of sp³-hybridized carbons (Fsp3) is 0.688. The zero-order chi connectivity index (χ0) is 31.8. The maximum absolute atomic E-state index is 13.2. The first-order valence-corrected chi connectivity index (χ1v) is 15.3.